The van der Waals surface area contributed by atoms with E-state index in [9.17, 15) is 14.0 Å². The smallest absolute Gasteiger partial charge is 0.318 e. The highest BCUT2D eigenvalue weighted by Crippen LogP contribution is 2.32. The zero-order valence-corrected chi connectivity index (χ0v) is 15.6. The van der Waals surface area contributed by atoms with E-state index in [1.807, 2.05) is 12.1 Å². The van der Waals surface area contributed by atoms with Gasteiger partial charge in [0.1, 0.15) is 11.5 Å². The van der Waals surface area contributed by atoms with Gasteiger partial charge in [0.15, 0.2) is 0 Å². The van der Waals surface area contributed by atoms with Crippen LogP contribution in [0.5, 0.6) is 0 Å². The van der Waals surface area contributed by atoms with Crippen molar-refractivity contribution < 1.29 is 14.0 Å². The molecule has 0 fully saturated rings. The van der Waals surface area contributed by atoms with Crippen molar-refractivity contribution in [2.24, 2.45) is 0 Å². The van der Waals surface area contributed by atoms with Gasteiger partial charge in [-0.3, -0.25) is 9.78 Å². The van der Waals surface area contributed by atoms with Crippen LogP contribution in [-0.4, -0.2) is 35.0 Å². The van der Waals surface area contributed by atoms with Gasteiger partial charge in [0, 0.05) is 48.1 Å². The number of H-pyrrole nitrogens is 1. The first-order chi connectivity index (χ1) is 14.1. The molecule has 0 spiro atoms. The van der Waals surface area contributed by atoms with Crippen LogP contribution in [-0.2, 0) is 6.42 Å². The first kappa shape index (κ1) is 18.7. The summed E-state index contributed by atoms with van der Waals surface area (Å²) in [6, 6.07) is 7.78. The summed E-state index contributed by atoms with van der Waals surface area (Å²) in [6.07, 6.45) is 6.22. The van der Waals surface area contributed by atoms with E-state index in [1.54, 1.807) is 24.7 Å². The number of aromatic nitrogens is 2. The lowest BCUT2D eigenvalue weighted by Crippen LogP contribution is -2.33. The van der Waals surface area contributed by atoms with Gasteiger partial charge < -0.3 is 20.9 Å². The molecule has 148 valence electrons. The summed E-state index contributed by atoms with van der Waals surface area (Å²) in [7, 11) is 0. The maximum atomic E-state index is 13.8. The normalized spacial score (nSPS) is 14.9. The maximum Gasteiger partial charge on any atom is 0.318 e. The average Bonchev–Trinajstić information content (AvgIpc) is 3.02. The van der Waals surface area contributed by atoms with Crippen molar-refractivity contribution in [3.05, 3.63) is 71.6 Å². The minimum atomic E-state index is -0.385. The zero-order valence-electron chi connectivity index (χ0n) is 15.6. The van der Waals surface area contributed by atoms with Crippen LogP contribution >= 0.6 is 0 Å². The molecule has 3 aromatic rings. The van der Waals surface area contributed by atoms with Gasteiger partial charge in [-0.2, -0.15) is 0 Å². The first-order valence-corrected chi connectivity index (χ1v) is 9.34. The molecule has 2 aromatic heterocycles. The molecule has 0 aliphatic carbocycles. The van der Waals surface area contributed by atoms with Crippen molar-refractivity contribution in [2.45, 2.75) is 12.8 Å². The molecule has 0 atom stereocenters. The molecule has 1 aromatic carbocycles. The fourth-order valence-electron chi connectivity index (χ4n) is 3.41. The van der Waals surface area contributed by atoms with E-state index in [4.69, 9.17) is 0 Å². The fourth-order valence-corrected chi connectivity index (χ4v) is 3.41. The SMILES string of the molecule is O=C(N/C=C1\CCNC(=O)c2[nH]c3ccc(F)cc3c21)NCCc1cccnc1. The number of pyridine rings is 1. The van der Waals surface area contributed by atoms with E-state index in [0.717, 1.165) is 11.1 Å². The highest BCUT2D eigenvalue weighted by Gasteiger charge is 2.24. The summed E-state index contributed by atoms with van der Waals surface area (Å²) in [5.41, 5.74) is 3.43. The Kier molecular flexibility index (Phi) is 5.24. The van der Waals surface area contributed by atoms with Crippen LogP contribution < -0.4 is 16.0 Å². The maximum absolute atomic E-state index is 13.8. The van der Waals surface area contributed by atoms with Crippen molar-refractivity contribution in [1.29, 1.82) is 0 Å². The molecule has 3 amide bonds. The number of fused-ring (bicyclic) bond motifs is 3. The second kappa shape index (κ2) is 8.14. The van der Waals surface area contributed by atoms with Crippen LogP contribution in [0.2, 0.25) is 0 Å². The molecule has 1 aliphatic rings. The molecule has 0 bridgehead atoms. The Labute approximate surface area is 166 Å². The van der Waals surface area contributed by atoms with Crippen molar-refractivity contribution in [3.63, 3.8) is 0 Å². The molecule has 7 nitrogen and oxygen atoms in total. The lowest BCUT2D eigenvalue weighted by molar-refractivity contribution is 0.0952. The van der Waals surface area contributed by atoms with Gasteiger partial charge in [0.25, 0.3) is 5.91 Å². The van der Waals surface area contributed by atoms with E-state index >= 15 is 0 Å². The third kappa shape index (κ3) is 4.11. The van der Waals surface area contributed by atoms with Gasteiger partial charge in [-0.15, -0.1) is 0 Å². The number of halogens is 1. The second-order valence-electron chi connectivity index (χ2n) is 6.75. The number of amides is 3. The monoisotopic (exact) mass is 393 g/mol. The number of benzene rings is 1. The topological polar surface area (TPSA) is 98.9 Å². The second-order valence-corrected chi connectivity index (χ2v) is 6.75. The van der Waals surface area contributed by atoms with Crippen LogP contribution in [0.3, 0.4) is 0 Å². The number of hydrogen-bond donors (Lipinski definition) is 4. The molecule has 4 N–H and O–H groups in total. The van der Waals surface area contributed by atoms with Crippen molar-refractivity contribution in [1.82, 2.24) is 25.9 Å². The van der Waals surface area contributed by atoms with Gasteiger partial charge in [0.05, 0.1) is 0 Å². The van der Waals surface area contributed by atoms with Gasteiger partial charge in [-0.1, -0.05) is 6.07 Å². The largest absolute Gasteiger partial charge is 0.350 e. The molecule has 0 saturated heterocycles. The van der Waals surface area contributed by atoms with Gasteiger partial charge in [-0.25, -0.2) is 9.18 Å². The average molecular weight is 393 g/mol. The molecule has 1 aliphatic heterocycles. The van der Waals surface area contributed by atoms with Gasteiger partial charge in [-0.05, 0) is 48.2 Å². The fraction of sp³-hybridized carbons (Fsp3) is 0.190. The quantitative estimate of drug-likeness (QED) is 0.548. The summed E-state index contributed by atoms with van der Waals surface area (Å²) in [5.74, 6) is -0.634. The van der Waals surface area contributed by atoms with Crippen LogP contribution in [0.1, 0.15) is 28.0 Å². The summed E-state index contributed by atoms with van der Waals surface area (Å²) >= 11 is 0. The Bertz CT molecular complexity index is 1090. The Balaban J connectivity index is 1.50. The molecule has 3 heterocycles. The van der Waals surface area contributed by atoms with Crippen LogP contribution in [0.4, 0.5) is 9.18 Å². The predicted octanol–water partition coefficient (Wildman–Crippen LogP) is 2.72. The van der Waals surface area contributed by atoms with Gasteiger partial charge in [0.2, 0.25) is 0 Å². The molecule has 0 radical (unpaired) electrons. The van der Waals surface area contributed by atoms with Crippen molar-refractivity contribution in [3.8, 4) is 0 Å². The molecule has 4 rings (SSSR count). The third-order valence-electron chi connectivity index (χ3n) is 4.79. The van der Waals surface area contributed by atoms with E-state index in [-0.39, 0.29) is 17.8 Å². The number of nitrogens with one attached hydrogen (secondary N) is 4. The summed E-state index contributed by atoms with van der Waals surface area (Å²) in [6.45, 7) is 0.887. The summed E-state index contributed by atoms with van der Waals surface area (Å²) in [5, 5.41) is 8.92. The van der Waals surface area contributed by atoms with Crippen LogP contribution in [0, 0.1) is 5.82 Å². The van der Waals surface area contributed by atoms with E-state index in [1.165, 1.54) is 12.1 Å². The zero-order chi connectivity index (χ0) is 20.2. The number of hydrogen-bond acceptors (Lipinski definition) is 3. The lowest BCUT2D eigenvalue weighted by Gasteiger charge is -2.08. The molecular formula is C21H20FN5O2. The highest BCUT2D eigenvalue weighted by atomic mass is 19.1. The van der Waals surface area contributed by atoms with E-state index < -0.39 is 0 Å². The van der Waals surface area contributed by atoms with Crippen LogP contribution in [0.15, 0.2) is 48.9 Å². The Hall–Kier alpha value is -3.68. The molecular weight excluding hydrogens is 373 g/mol. The Morgan fingerprint density at radius 2 is 2.21 bits per heavy atom. The first-order valence-electron chi connectivity index (χ1n) is 9.34. The van der Waals surface area contributed by atoms with E-state index in [2.05, 4.69) is 25.9 Å². The Morgan fingerprint density at radius 1 is 1.31 bits per heavy atom. The number of aromatic amines is 1. The molecule has 29 heavy (non-hydrogen) atoms. The van der Waals surface area contributed by atoms with Crippen LogP contribution in [0.25, 0.3) is 16.5 Å². The summed E-state index contributed by atoms with van der Waals surface area (Å²) in [4.78, 5) is 31.6. The third-order valence-corrected chi connectivity index (χ3v) is 4.79. The van der Waals surface area contributed by atoms with Crippen molar-refractivity contribution >= 4 is 28.4 Å². The number of rotatable bonds is 4. The van der Waals surface area contributed by atoms with E-state index in [0.29, 0.717) is 48.1 Å². The minimum Gasteiger partial charge on any atom is -0.350 e. The minimum absolute atomic E-state index is 0.249. The standard InChI is InChI=1S/C21H20FN5O2/c22-15-3-4-17-16(10-15)18-14(6-9-24-20(28)19(18)27-17)12-26-21(29)25-8-5-13-2-1-7-23-11-13/h1-4,7,10-12,27H,5-6,8-9H2,(H,24,28)(H2,25,26,29)/b14-12+. The molecule has 0 unspecified atom stereocenters. The lowest BCUT2D eigenvalue weighted by atomic mass is 10.0. The predicted molar refractivity (Wildman–Crippen MR) is 108 cm³/mol. The highest BCUT2D eigenvalue weighted by molar-refractivity contribution is 6.07. The summed E-state index contributed by atoms with van der Waals surface area (Å²) < 4.78 is 13.8. The number of carbonyl (C=O) groups is 2. The number of urea groups is 1. The van der Waals surface area contributed by atoms with Gasteiger partial charge >= 0.3 is 6.03 Å². The number of carbonyl (C=O) groups excluding carboxylic acids is 2. The molecule has 0 saturated carbocycles. The van der Waals surface area contributed by atoms with Crippen molar-refractivity contribution in [2.75, 3.05) is 13.1 Å². The number of nitrogens with zero attached hydrogens (tertiary/aromatic N) is 1. The molecule has 8 heteroatoms. The Morgan fingerprint density at radius 3 is 3.03 bits per heavy atom.